The third kappa shape index (κ3) is 3.80. The second kappa shape index (κ2) is 5.14. The van der Waals surface area contributed by atoms with Crippen molar-refractivity contribution >= 4 is 11.8 Å². The number of carboxylic acids is 1. The van der Waals surface area contributed by atoms with Crippen LogP contribution >= 0.6 is 0 Å². The van der Waals surface area contributed by atoms with Crippen LogP contribution in [-0.4, -0.2) is 27.1 Å². The lowest BCUT2D eigenvalue weighted by molar-refractivity contribution is -0.137. The Hall–Kier alpha value is -1.85. The molecule has 0 saturated carbocycles. The maximum Gasteiger partial charge on any atom is 0.303 e. The minimum Gasteiger partial charge on any atom is -0.481 e. The number of rotatable bonds is 5. The largest absolute Gasteiger partial charge is 0.481 e. The summed E-state index contributed by atoms with van der Waals surface area (Å²) in [6.07, 6.45) is 3.42. The summed E-state index contributed by atoms with van der Waals surface area (Å²) in [7, 11) is 0. The van der Waals surface area contributed by atoms with Gasteiger partial charge >= 0.3 is 5.97 Å². The van der Waals surface area contributed by atoms with Crippen molar-refractivity contribution in [3.8, 4) is 0 Å². The van der Waals surface area contributed by atoms with Crippen LogP contribution in [0.4, 0.5) is 5.82 Å². The van der Waals surface area contributed by atoms with Crippen molar-refractivity contribution in [1.29, 1.82) is 0 Å². The molecule has 1 unspecified atom stereocenters. The molecule has 0 radical (unpaired) electrons. The highest BCUT2D eigenvalue weighted by Crippen LogP contribution is 2.02. The molecule has 15 heavy (non-hydrogen) atoms. The van der Waals surface area contributed by atoms with Gasteiger partial charge in [0, 0.05) is 24.9 Å². The highest BCUT2D eigenvalue weighted by molar-refractivity contribution is 5.66. The average molecular weight is 211 g/mol. The molecule has 0 amide bonds. The van der Waals surface area contributed by atoms with Crippen LogP contribution in [0.15, 0.2) is 17.2 Å². The van der Waals surface area contributed by atoms with E-state index in [1.807, 2.05) is 0 Å². The molecule has 0 saturated heterocycles. The summed E-state index contributed by atoms with van der Waals surface area (Å²) in [5, 5.41) is 11.3. The van der Waals surface area contributed by atoms with E-state index in [0.717, 1.165) is 0 Å². The number of aliphatic carboxylic acids is 1. The van der Waals surface area contributed by atoms with Crippen molar-refractivity contribution in [2.75, 3.05) is 5.32 Å². The average Bonchev–Trinajstić information content (AvgIpc) is 2.18. The molecule has 0 spiro atoms. The molecule has 82 valence electrons. The molecule has 1 aromatic rings. The quantitative estimate of drug-likeness (QED) is 0.656. The molecule has 0 aliphatic heterocycles. The minimum absolute atomic E-state index is 0.0684. The second-order valence-electron chi connectivity index (χ2n) is 3.24. The number of carboxylic acid groups (broad SMARTS) is 1. The van der Waals surface area contributed by atoms with Crippen LogP contribution in [0.25, 0.3) is 0 Å². The van der Waals surface area contributed by atoms with Crippen LogP contribution in [0.1, 0.15) is 19.8 Å². The number of aromatic nitrogens is 2. The summed E-state index contributed by atoms with van der Waals surface area (Å²) in [4.78, 5) is 27.8. The molecule has 1 rings (SSSR count). The molecule has 6 heteroatoms. The third-order valence-electron chi connectivity index (χ3n) is 1.88. The van der Waals surface area contributed by atoms with E-state index in [2.05, 4.69) is 15.3 Å². The molecule has 3 N–H and O–H groups in total. The van der Waals surface area contributed by atoms with Gasteiger partial charge in [0.2, 0.25) is 0 Å². The summed E-state index contributed by atoms with van der Waals surface area (Å²) in [5.74, 6) is -0.631. The molecule has 1 aromatic heterocycles. The molecule has 1 atom stereocenters. The molecular weight excluding hydrogens is 198 g/mol. The summed E-state index contributed by atoms with van der Waals surface area (Å²) in [6.45, 7) is 1.80. The molecule has 0 bridgehead atoms. The van der Waals surface area contributed by atoms with Crippen molar-refractivity contribution in [2.45, 2.75) is 25.8 Å². The minimum atomic E-state index is -0.849. The topological polar surface area (TPSA) is 95.1 Å². The number of nitrogens with zero attached hydrogens (tertiary/aromatic N) is 1. The van der Waals surface area contributed by atoms with Gasteiger partial charge in [-0.15, -0.1) is 0 Å². The van der Waals surface area contributed by atoms with Gasteiger partial charge in [0.25, 0.3) is 5.56 Å². The predicted octanol–water partition coefficient (Wildman–Crippen LogP) is 0.435. The summed E-state index contributed by atoms with van der Waals surface area (Å²) >= 11 is 0. The van der Waals surface area contributed by atoms with Gasteiger partial charge in [-0.05, 0) is 13.3 Å². The maximum atomic E-state index is 11.2. The first kappa shape index (κ1) is 11.2. The van der Waals surface area contributed by atoms with E-state index in [9.17, 15) is 9.59 Å². The molecule has 0 aromatic carbocycles. The van der Waals surface area contributed by atoms with E-state index in [1.54, 1.807) is 6.92 Å². The van der Waals surface area contributed by atoms with Crippen LogP contribution in [0, 0.1) is 0 Å². The zero-order valence-electron chi connectivity index (χ0n) is 8.36. The van der Waals surface area contributed by atoms with Crippen molar-refractivity contribution in [2.24, 2.45) is 0 Å². The van der Waals surface area contributed by atoms with Gasteiger partial charge in [-0.1, -0.05) is 0 Å². The Morgan fingerprint density at radius 3 is 3.07 bits per heavy atom. The number of hydrogen-bond donors (Lipinski definition) is 3. The van der Waals surface area contributed by atoms with Crippen LogP contribution in [0.3, 0.4) is 0 Å². The number of hydrogen-bond acceptors (Lipinski definition) is 4. The van der Waals surface area contributed by atoms with Crippen molar-refractivity contribution in [3.05, 3.63) is 22.7 Å². The standard InChI is InChI=1S/C9H13N3O3/c1-6(2-3-7(13)14)12-8-9(15)11-5-4-10-8/h4-6H,2-3H2,1H3,(H,10,12)(H,11,15)(H,13,14). The van der Waals surface area contributed by atoms with E-state index in [0.29, 0.717) is 6.42 Å². The van der Waals surface area contributed by atoms with Crippen LogP contribution < -0.4 is 10.9 Å². The zero-order chi connectivity index (χ0) is 11.3. The van der Waals surface area contributed by atoms with E-state index < -0.39 is 5.97 Å². The Labute approximate surface area is 86.4 Å². The fourth-order valence-corrected chi connectivity index (χ4v) is 1.10. The lowest BCUT2D eigenvalue weighted by Crippen LogP contribution is -2.23. The van der Waals surface area contributed by atoms with Crippen LogP contribution in [0.2, 0.25) is 0 Å². The first-order valence-electron chi connectivity index (χ1n) is 4.61. The fraction of sp³-hybridized carbons (Fsp3) is 0.444. The van der Waals surface area contributed by atoms with Gasteiger partial charge in [0.15, 0.2) is 5.82 Å². The highest BCUT2D eigenvalue weighted by atomic mass is 16.4. The van der Waals surface area contributed by atoms with E-state index in [4.69, 9.17) is 5.11 Å². The number of aromatic amines is 1. The van der Waals surface area contributed by atoms with Crippen LogP contribution in [0.5, 0.6) is 0 Å². The van der Waals surface area contributed by atoms with Crippen molar-refractivity contribution in [1.82, 2.24) is 9.97 Å². The molecule has 1 heterocycles. The lowest BCUT2D eigenvalue weighted by atomic mass is 10.2. The molecule has 6 nitrogen and oxygen atoms in total. The van der Waals surface area contributed by atoms with Gasteiger partial charge in [-0.2, -0.15) is 0 Å². The van der Waals surface area contributed by atoms with E-state index in [-0.39, 0.29) is 23.8 Å². The number of carbonyl (C=O) groups is 1. The Kier molecular flexibility index (Phi) is 3.84. The van der Waals surface area contributed by atoms with E-state index >= 15 is 0 Å². The number of anilines is 1. The van der Waals surface area contributed by atoms with Gasteiger partial charge in [0.05, 0.1) is 0 Å². The summed E-state index contributed by atoms with van der Waals surface area (Å²) in [5.41, 5.74) is -0.306. The number of nitrogens with one attached hydrogen (secondary N) is 2. The van der Waals surface area contributed by atoms with E-state index in [1.165, 1.54) is 12.4 Å². The molecule has 0 fully saturated rings. The highest BCUT2D eigenvalue weighted by Gasteiger charge is 2.07. The monoisotopic (exact) mass is 211 g/mol. The summed E-state index contributed by atoms with van der Waals surface area (Å²) < 4.78 is 0. The normalized spacial score (nSPS) is 12.1. The Balaban J connectivity index is 2.51. The number of H-pyrrole nitrogens is 1. The smallest absolute Gasteiger partial charge is 0.303 e. The first-order chi connectivity index (χ1) is 7.09. The molecular formula is C9H13N3O3. The van der Waals surface area contributed by atoms with Crippen molar-refractivity contribution in [3.63, 3.8) is 0 Å². The molecule has 0 aliphatic carbocycles. The Bertz CT molecular complexity index is 388. The summed E-state index contributed by atoms with van der Waals surface area (Å²) in [6, 6.07) is -0.0999. The Morgan fingerprint density at radius 1 is 1.73 bits per heavy atom. The van der Waals surface area contributed by atoms with Gasteiger partial charge in [-0.3, -0.25) is 9.59 Å². The fourth-order valence-electron chi connectivity index (χ4n) is 1.10. The maximum absolute atomic E-state index is 11.2. The van der Waals surface area contributed by atoms with Crippen molar-refractivity contribution < 1.29 is 9.90 Å². The Morgan fingerprint density at radius 2 is 2.47 bits per heavy atom. The SMILES string of the molecule is CC(CCC(=O)O)Nc1ncc[nH]c1=O. The zero-order valence-corrected chi connectivity index (χ0v) is 8.36. The first-order valence-corrected chi connectivity index (χ1v) is 4.61. The van der Waals surface area contributed by atoms with Gasteiger partial charge in [-0.25, -0.2) is 4.98 Å². The third-order valence-corrected chi connectivity index (χ3v) is 1.88. The van der Waals surface area contributed by atoms with Crippen LogP contribution in [-0.2, 0) is 4.79 Å². The molecule has 0 aliphatic rings. The predicted molar refractivity (Wildman–Crippen MR) is 54.8 cm³/mol. The van der Waals surface area contributed by atoms with Gasteiger partial charge < -0.3 is 15.4 Å². The second-order valence-corrected chi connectivity index (χ2v) is 3.24. The lowest BCUT2D eigenvalue weighted by Gasteiger charge is -2.11. The van der Waals surface area contributed by atoms with Gasteiger partial charge in [0.1, 0.15) is 0 Å².